The van der Waals surface area contributed by atoms with E-state index in [-0.39, 0.29) is 11.8 Å². The van der Waals surface area contributed by atoms with Gasteiger partial charge in [0.05, 0.1) is 23.7 Å². The van der Waals surface area contributed by atoms with E-state index in [0.717, 1.165) is 16.3 Å². The number of methoxy groups -OCH3 is 1. The molecule has 1 atom stereocenters. The Hall–Kier alpha value is -2.84. The van der Waals surface area contributed by atoms with Crippen molar-refractivity contribution >= 4 is 40.6 Å². The number of hydrogen-bond donors (Lipinski definition) is 1. The van der Waals surface area contributed by atoms with Gasteiger partial charge in [-0.25, -0.2) is 4.98 Å². The van der Waals surface area contributed by atoms with Gasteiger partial charge in [-0.1, -0.05) is 30.3 Å². The molecule has 1 unspecified atom stereocenters. The number of thiazole rings is 1. The second-order valence-corrected chi connectivity index (χ2v) is 9.28. The zero-order valence-corrected chi connectivity index (χ0v) is 19.0. The van der Waals surface area contributed by atoms with Crippen molar-refractivity contribution in [2.75, 3.05) is 24.1 Å². The predicted molar refractivity (Wildman–Crippen MR) is 125 cm³/mol. The van der Waals surface area contributed by atoms with Crippen molar-refractivity contribution in [3.8, 4) is 5.75 Å². The van der Waals surface area contributed by atoms with Gasteiger partial charge in [0.2, 0.25) is 5.91 Å². The van der Waals surface area contributed by atoms with Gasteiger partial charge < -0.3 is 15.0 Å². The first kappa shape index (κ1) is 21.4. The summed E-state index contributed by atoms with van der Waals surface area (Å²) in [6, 6.07) is 16.7. The normalized spacial score (nSPS) is 15.7. The van der Waals surface area contributed by atoms with E-state index >= 15 is 0 Å². The molecule has 4 rings (SSSR count). The summed E-state index contributed by atoms with van der Waals surface area (Å²) < 4.78 is 5.15. The van der Waals surface area contributed by atoms with E-state index in [9.17, 15) is 9.59 Å². The minimum absolute atomic E-state index is 0.130. The topological polar surface area (TPSA) is 71.5 Å². The molecular weight excluding hydrogens is 430 g/mol. The van der Waals surface area contributed by atoms with Gasteiger partial charge >= 0.3 is 0 Å². The summed E-state index contributed by atoms with van der Waals surface area (Å²) in [5.74, 6) is 1.47. The fourth-order valence-electron chi connectivity index (χ4n) is 3.39. The molecule has 2 heterocycles. The summed E-state index contributed by atoms with van der Waals surface area (Å²) in [4.78, 5) is 33.0. The summed E-state index contributed by atoms with van der Waals surface area (Å²) in [6.07, 6.45) is 0.690. The van der Waals surface area contributed by atoms with Crippen LogP contribution in [0.2, 0.25) is 0 Å². The van der Waals surface area contributed by atoms with Crippen LogP contribution in [0.25, 0.3) is 0 Å². The fourth-order valence-corrected chi connectivity index (χ4v) is 5.60. The van der Waals surface area contributed by atoms with Crippen LogP contribution in [-0.4, -0.2) is 46.5 Å². The predicted octanol–water partition coefficient (Wildman–Crippen LogP) is 4.20. The van der Waals surface area contributed by atoms with Crippen LogP contribution >= 0.6 is 23.1 Å². The van der Waals surface area contributed by atoms with Crippen LogP contribution in [0.4, 0.5) is 5.69 Å². The SMILES string of the molecule is COc1ccc(NC(=O)C2CSCN2C(=O)c2sc(Cc3ccccc3)nc2C)cc1. The maximum atomic E-state index is 13.3. The summed E-state index contributed by atoms with van der Waals surface area (Å²) in [5.41, 5.74) is 2.55. The number of carbonyl (C=O) groups is 2. The Morgan fingerprint density at radius 3 is 2.61 bits per heavy atom. The van der Waals surface area contributed by atoms with E-state index in [1.807, 2.05) is 25.1 Å². The lowest BCUT2D eigenvalue weighted by molar-refractivity contribution is -0.119. The van der Waals surface area contributed by atoms with E-state index in [0.29, 0.717) is 34.3 Å². The third-order valence-corrected chi connectivity index (χ3v) is 7.19. The van der Waals surface area contributed by atoms with Gasteiger partial charge in [0.15, 0.2) is 0 Å². The maximum Gasteiger partial charge on any atom is 0.267 e. The van der Waals surface area contributed by atoms with E-state index < -0.39 is 6.04 Å². The highest BCUT2D eigenvalue weighted by Crippen LogP contribution is 2.29. The smallest absolute Gasteiger partial charge is 0.267 e. The van der Waals surface area contributed by atoms with E-state index in [1.165, 1.54) is 11.3 Å². The second-order valence-electron chi connectivity index (χ2n) is 7.19. The highest BCUT2D eigenvalue weighted by atomic mass is 32.2. The minimum Gasteiger partial charge on any atom is -0.497 e. The molecule has 1 aromatic heterocycles. The molecule has 0 bridgehead atoms. The molecule has 160 valence electrons. The van der Waals surface area contributed by atoms with Crippen molar-refractivity contribution in [2.45, 2.75) is 19.4 Å². The van der Waals surface area contributed by atoms with Crippen LogP contribution in [-0.2, 0) is 11.2 Å². The zero-order chi connectivity index (χ0) is 21.8. The fraction of sp³-hybridized carbons (Fsp3) is 0.261. The van der Waals surface area contributed by atoms with Gasteiger partial charge in [-0.2, -0.15) is 0 Å². The number of hydrogen-bond acceptors (Lipinski definition) is 6. The molecule has 1 N–H and O–H groups in total. The summed E-state index contributed by atoms with van der Waals surface area (Å²) >= 11 is 3.00. The van der Waals surface area contributed by atoms with Crippen LogP contribution in [0, 0.1) is 6.92 Å². The molecule has 6 nitrogen and oxygen atoms in total. The van der Waals surface area contributed by atoms with Crippen LogP contribution in [0.15, 0.2) is 54.6 Å². The Balaban J connectivity index is 1.46. The lowest BCUT2D eigenvalue weighted by Gasteiger charge is -2.22. The third-order valence-electron chi connectivity index (χ3n) is 5.04. The third kappa shape index (κ3) is 4.91. The number of nitrogens with zero attached hydrogens (tertiary/aromatic N) is 2. The zero-order valence-electron chi connectivity index (χ0n) is 17.3. The number of benzene rings is 2. The molecule has 2 amide bonds. The molecule has 1 fully saturated rings. The number of rotatable bonds is 6. The van der Waals surface area contributed by atoms with Crippen LogP contribution in [0.3, 0.4) is 0 Å². The van der Waals surface area contributed by atoms with Gasteiger partial charge in [0, 0.05) is 17.9 Å². The number of anilines is 1. The monoisotopic (exact) mass is 453 g/mol. The molecule has 0 saturated carbocycles. The summed E-state index contributed by atoms with van der Waals surface area (Å²) in [5, 5.41) is 3.81. The first-order valence-electron chi connectivity index (χ1n) is 9.89. The number of carbonyl (C=O) groups excluding carboxylic acids is 2. The van der Waals surface area contributed by atoms with Gasteiger partial charge in [-0.15, -0.1) is 23.1 Å². The van der Waals surface area contributed by atoms with Crippen molar-refractivity contribution in [1.29, 1.82) is 0 Å². The van der Waals surface area contributed by atoms with Crippen LogP contribution in [0.5, 0.6) is 5.75 Å². The van der Waals surface area contributed by atoms with Crippen molar-refractivity contribution in [1.82, 2.24) is 9.88 Å². The number of aryl methyl sites for hydroxylation is 1. The van der Waals surface area contributed by atoms with Gasteiger partial charge in [-0.3, -0.25) is 9.59 Å². The van der Waals surface area contributed by atoms with Gasteiger partial charge in [0.1, 0.15) is 16.7 Å². The Morgan fingerprint density at radius 1 is 1.16 bits per heavy atom. The van der Waals surface area contributed by atoms with Gasteiger partial charge in [-0.05, 0) is 36.8 Å². The lowest BCUT2D eigenvalue weighted by atomic mass is 10.2. The number of amides is 2. The molecule has 0 spiro atoms. The number of ether oxygens (including phenoxy) is 1. The first-order chi connectivity index (χ1) is 15.0. The Kier molecular flexibility index (Phi) is 6.58. The number of nitrogens with one attached hydrogen (secondary N) is 1. The second kappa shape index (κ2) is 9.53. The Morgan fingerprint density at radius 2 is 1.90 bits per heavy atom. The number of thioether (sulfide) groups is 1. The molecule has 3 aromatic rings. The van der Waals surface area contributed by atoms with Crippen LogP contribution < -0.4 is 10.1 Å². The molecule has 31 heavy (non-hydrogen) atoms. The number of aromatic nitrogens is 1. The molecule has 2 aromatic carbocycles. The molecular formula is C23H23N3O3S2. The lowest BCUT2D eigenvalue weighted by Crippen LogP contribution is -2.44. The highest BCUT2D eigenvalue weighted by Gasteiger charge is 2.36. The molecule has 0 radical (unpaired) electrons. The van der Waals surface area contributed by atoms with E-state index in [2.05, 4.69) is 22.4 Å². The quantitative estimate of drug-likeness (QED) is 0.606. The minimum atomic E-state index is -0.515. The van der Waals surface area contributed by atoms with Crippen molar-refractivity contribution in [3.63, 3.8) is 0 Å². The van der Waals surface area contributed by atoms with E-state index in [1.54, 1.807) is 48.0 Å². The Labute approximate surface area is 189 Å². The molecule has 1 aliphatic rings. The largest absolute Gasteiger partial charge is 0.497 e. The average molecular weight is 454 g/mol. The molecule has 1 saturated heterocycles. The van der Waals surface area contributed by atoms with Gasteiger partial charge in [0.25, 0.3) is 5.91 Å². The first-order valence-corrected chi connectivity index (χ1v) is 11.9. The summed E-state index contributed by atoms with van der Waals surface area (Å²) in [6.45, 7) is 1.86. The molecule has 1 aliphatic heterocycles. The van der Waals surface area contributed by atoms with Crippen molar-refractivity contribution in [2.24, 2.45) is 0 Å². The highest BCUT2D eigenvalue weighted by molar-refractivity contribution is 7.99. The average Bonchev–Trinajstić information content (AvgIpc) is 3.41. The van der Waals surface area contributed by atoms with Crippen molar-refractivity contribution < 1.29 is 14.3 Å². The van der Waals surface area contributed by atoms with Crippen LogP contribution in [0.1, 0.15) is 25.9 Å². The maximum absolute atomic E-state index is 13.3. The van der Waals surface area contributed by atoms with E-state index in [4.69, 9.17) is 4.74 Å². The summed E-state index contributed by atoms with van der Waals surface area (Å²) in [7, 11) is 1.60. The Bertz CT molecular complexity index is 1070. The molecule has 0 aliphatic carbocycles. The van der Waals surface area contributed by atoms with Crippen molar-refractivity contribution in [3.05, 3.63) is 75.7 Å². The molecule has 8 heteroatoms. The standard InChI is InChI=1S/C23H23N3O3S2/c1-15-21(31-20(24-15)12-16-6-4-3-5-7-16)23(28)26-14-30-13-19(26)22(27)25-17-8-10-18(29-2)11-9-17/h3-11,19H,12-14H2,1-2H3,(H,25,27).